The summed E-state index contributed by atoms with van der Waals surface area (Å²) in [4.78, 5) is 15.5. The van der Waals surface area contributed by atoms with Crippen molar-refractivity contribution in [3.05, 3.63) is 24.0 Å². The quantitative estimate of drug-likeness (QED) is 0.692. The van der Waals surface area contributed by atoms with E-state index in [4.69, 9.17) is 4.74 Å². The number of aromatic nitrogens is 1. The molecule has 2 rings (SSSR count). The maximum absolute atomic E-state index is 11.4. The summed E-state index contributed by atoms with van der Waals surface area (Å²) in [5.41, 5.74) is 1.30. The van der Waals surface area contributed by atoms with E-state index < -0.39 is 0 Å². The van der Waals surface area contributed by atoms with Crippen LogP contribution >= 0.6 is 0 Å². The van der Waals surface area contributed by atoms with Gasteiger partial charge in [-0.1, -0.05) is 0 Å². The van der Waals surface area contributed by atoms with Crippen molar-refractivity contribution in [3.8, 4) is 0 Å². The molecule has 98 valence electrons. The van der Waals surface area contributed by atoms with Gasteiger partial charge < -0.3 is 20.7 Å². The Hall–Kier alpha value is -1.66. The largest absolute Gasteiger partial charge is 0.383 e. The molecule has 0 spiro atoms. The van der Waals surface area contributed by atoms with E-state index in [1.807, 2.05) is 6.07 Å². The summed E-state index contributed by atoms with van der Waals surface area (Å²) in [5, 5.41) is 9.18. The molecule has 1 fully saturated rings. The van der Waals surface area contributed by atoms with Crippen LogP contribution in [0.15, 0.2) is 18.3 Å². The Bertz CT molecular complexity index is 405. The summed E-state index contributed by atoms with van der Waals surface area (Å²) < 4.78 is 5.37. The molecule has 1 atom stereocenters. The lowest BCUT2D eigenvalue weighted by atomic mass is 10.2. The number of carbonyl (C=O) groups is 1. The first-order valence-corrected chi connectivity index (χ1v) is 6.02. The van der Waals surface area contributed by atoms with Gasteiger partial charge in [0.05, 0.1) is 13.2 Å². The molecule has 1 unspecified atom stereocenters. The highest BCUT2D eigenvalue weighted by molar-refractivity contribution is 5.92. The van der Waals surface area contributed by atoms with Crippen LogP contribution in [-0.2, 0) is 4.74 Å². The average Bonchev–Trinajstić information content (AvgIpc) is 2.45. The van der Waals surface area contributed by atoms with E-state index in [1.165, 1.54) is 0 Å². The van der Waals surface area contributed by atoms with Gasteiger partial charge in [-0.2, -0.15) is 0 Å². The first kappa shape index (κ1) is 12.8. The smallest absolute Gasteiger partial charge is 0.269 e. The number of nitrogens with zero attached hydrogens (tertiary/aromatic N) is 1. The van der Waals surface area contributed by atoms with Crippen LogP contribution in [0.25, 0.3) is 0 Å². The number of rotatable bonds is 4. The van der Waals surface area contributed by atoms with Crippen LogP contribution in [0.4, 0.5) is 5.69 Å². The summed E-state index contributed by atoms with van der Waals surface area (Å²) in [7, 11) is 1.59. The third-order valence-corrected chi connectivity index (χ3v) is 2.77. The normalized spacial score (nSPS) is 19.3. The van der Waals surface area contributed by atoms with E-state index in [2.05, 4.69) is 20.9 Å². The number of carbonyl (C=O) groups excluding carboxylic acids is 1. The van der Waals surface area contributed by atoms with Gasteiger partial charge in [0.1, 0.15) is 5.69 Å². The van der Waals surface area contributed by atoms with E-state index in [0.29, 0.717) is 18.3 Å². The van der Waals surface area contributed by atoms with Gasteiger partial charge in [-0.3, -0.25) is 9.78 Å². The van der Waals surface area contributed by atoms with Gasteiger partial charge in [0.25, 0.3) is 5.91 Å². The number of ether oxygens (including phenoxy) is 1. The van der Waals surface area contributed by atoms with Gasteiger partial charge in [-0.05, 0) is 12.1 Å². The summed E-state index contributed by atoms with van der Waals surface area (Å²) >= 11 is 0. The lowest BCUT2D eigenvalue weighted by Crippen LogP contribution is -2.45. The van der Waals surface area contributed by atoms with Crippen LogP contribution in [0.3, 0.4) is 0 Å². The fourth-order valence-electron chi connectivity index (χ4n) is 1.78. The van der Waals surface area contributed by atoms with Crippen LogP contribution < -0.4 is 16.0 Å². The average molecular weight is 250 g/mol. The second kappa shape index (κ2) is 6.32. The number of morpholine rings is 1. The SMILES string of the molecule is CNC(=O)c1cc(NCC2COCCN2)ccn1. The lowest BCUT2D eigenvalue weighted by Gasteiger charge is -2.24. The minimum atomic E-state index is -0.183. The molecule has 18 heavy (non-hydrogen) atoms. The lowest BCUT2D eigenvalue weighted by molar-refractivity contribution is 0.0806. The molecule has 3 N–H and O–H groups in total. The topological polar surface area (TPSA) is 75.3 Å². The number of pyridine rings is 1. The summed E-state index contributed by atoms with van der Waals surface area (Å²) in [6, 6.07) is 3.88. The van der Waals surface area contributed by atoms with E-state index in [-0.39, 0.29) is 5.91 Å². The van der Waals surface area contributed by atoms with Crippen molar-refractivity contribution in [2.24, 2.45) is 0 Å². The third-order valence-electron chi connectivity index (χ3n) is 2.77. The molecule has 6 heteroatoms. The fourth-order valence-corrected chi connectivity index (χ4v) is 1.78. The maximum atomic E-state index is 11.4. The molecule has 1 aromatic heterocycles. The second-order valence-electron chi connectivity index (χ2n) is 4.12. The Morgan fingerprint density at radius 2 is 2.56 bits per heavy atom. The Morgan fingerprint density at radius 3 is 3.28 bits per heavy atom. The van der Waals surface area contributed by atoms with Crippen LogP contribution in [0, 0.1) is 0 Å². The predicted molar refractivity (Wildman–Crippen MR) is 68.7 cm³/mol. The van der Waals surface area contributed by atoms with E-state index in [1.54, 1.807) is 19.3 Å². The van der Waals surface area contributed by atoms with Crippen LogP contribution in [0.2, 0.25) is 0 Å². The zero-order chi connectivity index (χ0) is 12.8. The molecule has 1 aromatic rings. The van der Waals surface area contributed by atoms with Crippen molar-refractivity contribution in [2.45, 2.75) is 6.04 Å². The molecule has 1 aliphatic rings. The molecule has 2 heterocycles. The Balaban J connectivity index is 1.90. The van der Waals surface area contributed by atoms with Gasteiger partial charge in [-0.15, -0.1) is 0 Å². The molecule has 6 nitrogen and oxygen atoms in total. The van der Waals surface area contributed by atoms with Gasteiger partial charge in [-0.25, -0.2) is 0 Å². The van der Waals surface area contributed by atoms with Crippen LogP contribution in [-0.4, -0.2) is 50.3 Å². The number of hydrogen-bond acceptors (Lipinski definition) is 5. The van der Waals surface area contributed by atoms with Gasteiger partial charge >= 0.3 is 0 Å². The first-order valence-electron chi connectivity index (χ1n) is 6.02. The molecule has 0 saturated carbocycles. The van der Waals surface area contributed by atoms with Crippen molar-refractivity contribution >= 4 is 11.6 Å². The van der Waals surface area contributed by atoms with Crippen molar-refractivity contribution in [3.63, 3.8) is 0 Å². The molecular weight excluding hydrogens is 232 g/mol. The standard InChI is InChI=1S/C12H18N4O2/c1-13-12(17)11-6-9(2-3-15-11)16-7-10-8-18-5-4-14-10/h2-3,6,10,14H,4-5,7-8H2,1H3,(H,13,17)(H,15,16). The number of hydrogen-bond donors (Lipinski definition) is 3. The number of amides is 1. The van der Waals surface area contributed by atoms with Crippen molar-refractivity contribution in [1.82, 2.24) is 15.6 Å². The monoisotopic (exact) mass is 250 g/mol. The van der Waals surface area contributed by atoms with Crippen LogP contribution in [0.5, 0.6) is 0 Å². The zero-order valence-corrected chi connectivity index (χ0v) is 10.4. The minimum absolute atomic E-state index is 0.183. The molecule has 1 aliphatic heterocycles. The summed E-state index contributed by atoms with van der Waals surface area (Å²) in [6.07, 6.45) is 1.62. The molecule has 1 saturated heterocycles. The Morgan fingerprint density at radius 1 is 1.67 bits per heavy atom. The first-order chi connectivity index (χ1) is 8.79. The molecule has 1 amide bonds. The minimum Gasteiger partial charge on any atom is -0.383 e. The molecule has 0 aliphatic carbocycles. The summed E-state index contributed by atoms with van der Waals surface area (Å²) in [6.45, 7) is 3.12. The summed E-state index contributed by atoms with van der Waals surface area (Å²) in [5.74, 6) is -0.183. The number of anilines is 1. The zero-order valence-electron chi connectivity index (χ0n) is 10.4. The van der Waals surface area contributed by atoms with Gasteiger partial charge in [0, 0.05) is 38.1 Å². The Labute approximate surface area is 106 Å². The maximum Gasteiger partial charge on any atom is 0.269 e. The Kier molecular flexibility index (Phi) is 4.49. The highest BCUT2D eigenvalue weighted by Gasteiger charge is 2.12. The van der Waals surface area contributed by atoms with E-state index >= 15 is 0 Å². The van der Waals surface area contributed by atoms with Crippen LogP contribution in [0.1, 0.15) is 10.5 Å². The second-order valence-corrected chi connectivity index (χ2v) is 4.12. The van der Waals surface area contributed by atoms with E-state index in [0.717, 1.165) is 25.4 Å². The molecule has 0 radical (unpaired) electrons. The van der Waals surface area contributed by atoms with Gasteiger partial charge in [0.2, 0.25) is 0 Å². The highest BCUT2D eigenvalue weighted by atomic mass is 16.5. The highest BCUT2D eigenvalue weighted by Crippen LogP contribution is 2.08. The molecule has 0 aromatic carbocycles. The van der Waals surface area contributed by atoms with Crippen molar-refractivity contribution < 1.29 is 9.53 Å². The van der Waals surface area contributed by atoms with Gasteiger partial charge in [0.15, 0.2) is 0 Å². The van der Waals surface area contributed by atoms with E-state index in [9.17, 15) is 4.79 Å². The van der Waals surface area contributed by atoms with Crippen molar-refractivity contribution in [1.29, 1.82) is 0 Å². The third kappa shape index (κ3) is 3.41. The molecule has 0 bridgehead atoms. The predicted octanol–water partition coefficient (Wildman–Crippen LogP) is -0.158. The molecular formula is C12H18N4O2. The van der Waals surface area contributed by atoms with Crippen molar-refractivity contribution in [2.75, 3.05) is 38.7 Å². The number of nitrogens with one attached hydrogen (secondary N) is 3. The fraction of sp³-hybridized carbons (Fsp3) is 0.500.